The fraction of sp³-hybridized carbons (Fsp3) is 0.579. The number of aliphatic carboxylic acids is 1. The second-order valence-corrected chi connectivity index (χ2v) is 7.03. The van der Waals surface area contributed by atoms with Crippen LogP contribution in [0.25, 0.3) is 0 Å². The minimum Gasteiger partial charge on any atom is -0.493 e. The van der Waals surface area contributed by atoms with Gasteiger partial charge in [-0.3, -0.25) is 4.79 Å². The molecule has 0 aromatic heterocycles. The maximum absolute atomic E-state index is 12.9. The molecule has 1 amide bonds. The number of likely N-dealkylation sites (tertiary alicyclic amines) is 1. The van der Waals surface area contributed by atoms with Gasteiger partial charge in [-0.15, -0.1) is 0 Å². The van der Waals surface area contributed by atoms with Crippen molar-refractivity contribution < 1.29 is 24.2 Å². The molecule has 1 aliphatic carbocycles. The number of carboxylic acids is 1. The molecule has 1 aliphatic heterocycles. The topological polar surface area (TPSA) is 76.1 Å². The highest BCUT2D eigenvalue weighted by Gasteiger charge is 2.46. The van der Waals surface area contributed by atoms with Gasteiger partial charge in [0.1, 0.15) is 5.54 Å². The van der Waals surface area contributed by atoms with E-state index < -0.39 is 11.5 Å². The lowest BCUT2D eigenvalue weighted by molar-refractivity contribution is -0.147. The third-order valence-electron chi connectivity index (χ3n) is 5.35. The molecular weight excluding hydrogens is 322 g/mol. The average Bonchev–Trinajstić information content (AvgIpc) is 3.25. The van der Waals surface area contributed by atoms with Gasteiger partial charge < -0.3 is 19.5 Å². The summed E-state index contributed by atoms with van der Waals surface area (Å²) < 4.78 is 11.4. The number of ether oxygens (including phenoxy) is 2. The molecule has 6 heteroatoms. The first-order chi connectivity index (χ1) is 12.0. The lowest BCUT2D eigenvalue weighted by Crippen LogP contribution is -2.50. The van der Waals surface area contributed by atoms with Crippen LogP contribution in [0.2, 0.25) is 0 Å². The van der Waals surface area contributed by atoms with E-state index >= 15 is 0 Å². The van der Waals surface area contributed by atoms with Crippen LogP contribution in [-0.2, 0) is 4.79 Å². The van der Waals surface area contributed by atoms with Crippen molar-refractivity contribution in [3.63, 3.8) is 0 Å². The van der Waals surface area contributed by atoms with Crippen LogP contribution in [0.4, 0.5) is 0 Å². The maximum Gasteiger partial charge on any atom is 0.329 e. The normalized spacial score (nSPS) is 23.7. The largest absolute Gasteiger partial charge is 0.493 e. The summed E-state index contributed by atoms with van der Waals surface area (Å²) in [5, 5.41) is 9.50. The molecule has 1 heterocycles. The Morgan fingerprint density at radius 2 is 1.92 bits per heavy atom. The van der Waals surface area contributed by atoms with Crippen LogP contribution in [0.15, 0.2) is 18.2 Å². The van der Waals surface area contributed by atoms with Crippen LogP contribution in [0.5, 0.6) is 11.5 Å². The molecule has 1 aromatic carbocycles. The van der Waals surface area contributed by atoms with Gasteiger partial charge >= 0.3 is 5.97 Å². The monoisotopic (exact) mass is 347 g/mol. The van der Waals surface area contributed by atoms with E-state index in [1.165, 1.54) is 17.7 Å². The third-order valence-corrected chi connectivity index (χ3v) is 5.35. The lowest BCUT2D eigenvalue weighted by atomic mass is 9.98. The minimum absolute atomic E-state index is 0.198. The smallest absolute Gasteiger partial charge is 0.329 e. The fourth-order valence-electron chi connectivity index (χ4n) is 3.75. The number of carboxylic acid groups (broad SMARTS) is 1. The number of nitrogens with zero attached hydrogens (tertiary/aromatic N) is 1. The zero-order valence-corrected chi connectivity index (χ0v) is 14.8. The number of rotatable bonds is 5. The van der Waals surface area contributed by atoms with Gasteiger partial charge in [-0.1, -0.05) is 0 Å². The Kier molecular flexibility index (Phi) is 4.88. The zero-order chi connectivity index (χ0) is 18.0. The number of hydrogen-bond donors (Lipinski definition) is 1. The van der Waals surface area contributed by atoms with Crippen molar-refractivity contribution in [3.05, 3.63) is 23.8 Å². The van der Waals surface area contributed by atoms with Crippen LogP contribution in [0.1, 0.15) is 55.8 Å². The van der Waals surface area contributed by atoms with E-state index in [0.717, 1.165) is 12.8 Å². The van der Waals surface area contributed by atoms with Gasteiger partial charge in [0.2, 0.25) is 0 Å². The summed E-state index contributed by atoms with van der Waals surface area (Å²) in [5.74, 6) is -0.109. The van der Waals surface area contributed by atoms with Crippen LogP contribution >= 0.6 is 0 Å². The van der Waals surface area contributed by atoms with E-state index in [1.54, 1.807) is 32.2 Å². The van der Waals surface area contributed by atoms with E-state index in [-0.39, 0.29) is 12.0 Å². The van der Waals surface area contributed by atoms with Gasteiger partial charge in [-0.2, -0.15) is 0 Å². The molecule has 2 fully saturated rings. The molecule has 0 bridgehead atoms. The highest BCUT2D eigenvalue weighted by molar-refractivity contribution is 5.98. The summed E-state index contributed by atoms with van der Waals surface area (Å²) in [6, 6.07) is 5.08. The number of amides is 1. The van der Waals surface area contributed by atoms with Crippen molar-refractivity contribution in [2.24, 2.45) is 0 Å². The zero-order valence-electron chi connectivity index (χ0n) is 14.8. The van der Waals surface area contributed by atoms with E-state index in [9.17, 15) is 14.7 Å². The summed E-state index contributed by atoms with van der Waals surface area (Å²) in [6.45, 7) is 2.05. The van der Waals surface area contributed by atoms with Crippen molar-refractivity contribution in [2.45, 2.75) is 57.1 Å². The van der Waals surface area contributed by atoms with E-state index in [4.69, 9.17) is 9.47 Å². The van der Waals surface area contributed by atoms with Crippen LogP contribution in [0.3, 0.4) is 0 Å². The number of benzene rings is 1. The molecule has 6 nitrogen and oxygen atoms in total. The number of carbonyl (C=O) groups excluding carboxylic acids is 1. The van der Waals surface area contributed by atoms with Crippen LogP contribution in [0, 0.1) is 0 Å². The molecule has 0 spiro atoms. The van der Waals surface area contributed by atoms with Gasteiger partial charge in [-0.05, 0) is 63.6 Å². The van der Waals surface area contributed by atoms with Gasteiger partial charge in [0.15, 0.2) is 11.5 Å². The highest BCUT2D eigenvalue weighted by atomic mass is 16.5. The first-order valence-corrected chi connectivity index (χ1v) is 8.86. The maximum atomic E-state index is 12.9. The molecule has 1 atom stereocenters. The van der Waals surface area contributed by atoms with Gasteiger partial charge in [0.05, 0.1) is 13.2 Å². The third kappa shape index (κ3) is 3.30. The molecule has 1 saturated carbocycles. The summed E-state index contributed by atoms with van der Waals surface area (Å²) in [6.07, 6.45) is 5.77. The summed E-state index contributed by atoms with van der Waals surface area (Å²) in [7, 11) is 1.54. The molecule has 1 aromatic rings. The molecular formula is C19H25NO5. The van der Waals surface area contributed by atoms with E-state index in [1.807, 2.05) is 0 Å². The van der Waals surface area contributed by atoms with Crippen LogP contribution < -0.4 is 9.47 Å². The lowest BCUT2D eigenvalue weighted by Gasteiger charge is -2.31. The van der Waals surface area contributed by atoms with Crippen molar-refractivity contribution in [1.29, 1.82) is 0 Å². The predicted molar refractivity (Wildman–Crippen MR) is 92.2 cm³/mol. The van der Waals surface area contributed by atoms with Crippen molar-refractivity contribution in [3.8, 4) is 11.5 Å². The number of hydrogen-bond acceptors (Lipinski definition) is 4. The highest BCUT2D eigenvalue weighted by Crippen LogP contribution is 2.35. The predicted octanol–water partition coefficient (Wildman–Crippen LogP) is 3.10. The molecule has 1 saturated heterocycles. The van der Waals surface area contributed by atoms with Gasteiger partial charge in [0.25, 0.3) is 5.91 Å². The molecule has 2 aliphatic rings. The second kappa shape index (κ2) is 6.94. The van der Waals surface area contributed by atoms with Crippen LogP contribution in [-0.4, -0.2) is 47.2 Å². The van der Waals surface area contributed by atoms with Crippen molar-refractivity contribution in [2.75, 3.05) is 13.7 Å². The Balaban J connectivity index is 1.82. The molecule has 0 radical (unpaired) electrons. The van der Waals surface area contributed by atoms with Crippen molar-refractivity contribution in [1.82, 2.24) is 4.90 Å². The molecule has 1 unspecified atom stereocenters. The minimum atomic E-state index is -1.15. The fourth-order valence-corrected chi connectivity index (χ4v) is 3.75. The molecule has 136 valence electrons. The summed E-state index contributed by atoms with van der Waals surface area (Å²) >= 11 is 0. The first kappa shape index (κ1) is 17.6. The van der Waals surface area contributed by atoms with E-state index in [2.05, 4.69) is 0 Å². The van der Waals surface area contributed by atoms with Crippen molar-refractivity contribution >= 4 is 11.9 Å². The molecule has 1 N–H and O–H groups in total. The van der Waals surface area contributed by atoms with Gasteiger partial charge in [0, 0.05) is 12.1 Å². The number of carbonyl (C=O) groups is 2. The Labute approximate surface area is 147 Å². The quantitative estimate of drug-likeness (QED) is 0.886. The standard InChI is InChI=1S/C19H25NO5/c1-19(18(22)23)10-5-11-20(19)17(21)13-8-9-15(16(12-13)24-2)25-14-6-3-4-7-14/h8-9,12,14H,3-7,10-11H2,1-2H3,(H,22,23). The first-order valence-electron chi connectivity index (χ1n) is 8.86. The summed E-state index contributed by atoms with van der Waals surface area (Å²) in [4.78, 5) is 25.9. The average molecular weight is 347 g/mol. The number of methoxy groups -OCH3 is 1. The molecule has 3 rings (SSSR count). The van der Waals surface area contributed by atoms with Gasteiger partial charge in [-0.25, -0.2) is 4.79 Å². The Morgan fingerprint density at radius 3 is 2.56 bits per heavy atom. The Hall–Kier alpha value is -2.24. The SMILES string of the molecule is COc1cc(C(=O)N2CCCC2(C)C(=O)O)ccc1OC1CCCC1. The van der Waals surface area contributed by atoms with E-state index in [0.29, 0.717) is 36.4 Å². The summed E-state index contributed by atoms with van der Waals surface area (Å²) in [5.41, 5.74) is -0.728. The Bertz CT molecular complexity index is 668. The molecule has 25 heavy (non-hydrogen) atoms. The second-order valence-electron chi connectivity index (χ2n) is 7.03. The Morgan fingerprint density at radius 1 is 1.20 bits per heavy atom.